The Morgan fingerprint density at radius 1 is 1.17 bits per heavy atom. The van der Waals surface area contributed by atoms with E-state index in [1.54, 1.807) is 0 Å². The molecule has 3 heteroatoms. The van der Waals surface area contributed by atoms with Gasteiger partial charge in [0.2, 0.25) is 0 Å². The van der Waals surface area contributed by atoms with E-state index in [1.807, 2.05) is 18.4 Å². The minimum absolute atomic E-state index is 0.254. The second-order valence-electron chi connectivity index (χ2n) is 4.57. The van der Waals surface area contributed by atoms with Crippen LogP contribution in [-0.2, 0) is 0 Å². The number of benzene rings is 1. The minimum Gasteiger partial charge on any atom is -0.309 e. The molecule has 0 aliphatic carbocycles. The third-order valence-corrected chi connectivity index (χ3v) is 5.28. The largest absolute Gasteiger partial charge is 0.309 e. The van der Waals surface area contributed by atoms with Gasteiger partial charge in [-0.3, -0.25) is 0 Å². The maximum absolute atomic E-state index is 3.71. The molecule has 0 saturated carbocycles. The third-order valence-electron chi connectivity index (χ3n) is 3.21. The molecular formula is C15H18BrNS. The molecule has 1 unspecified atom stereocenters. The molecule has 1 N–H and O–H groups in total. The summed E-state index contributed by atoms with van der Waals surface area (Å²) in [7, 11) is 2.02. The van der Waals surface area contributed by atoms with Crippen molar-refractivity contribution >= 4 is 27.3 Å². The van der Waals surface area contributed by atoms with Crippen LogP contribution in [-0.4, -0.2) is 7.05 Å². The van der Waals surface area contributed by atoms with E-state index in [0.717, 1.165) is 0 Å². The number of rotatable bonds is 3. The third kappa shape index (κ3) is 2.53. The van der Waals surface area contributed by atoms with Crippen LogP contribution < -0.4 is 5.32 Å². The van der Waals surface area contributed by atoms with Crippen molar-refractivity contribution in [3.05, 3.63) is 55.2 Å². The van der Waals surface area contributed by atoms with Gasteiger partial charge in [-0.15, -0.1) is 11.3 Å². The highest BCUT2D eigenvalue weighted by atomic mass is 79.9. The van der Waals surface area contributed by atoms with Gasteiger partial charge in [0.1, 0.15) is 0 Å². The van der Waals surface area contributed by atoms with Crippen molar-refractivity contribution in [2.24, 2.45) is 0 Å². The zero-order valence-electron chi connectivity index (χ0n) is 11.2. The Kier molecular flexibility index (Phi) is 4.25. The average molecular weight is 324 g/mol. The maximum atomic E-state index is 3.71. The number of hydrogen-bond donors (Lipinski definition) is 1. The molecule has 18 heavy (non-hydrogen) atoms. The summed E-state index contributed by atoms with van der Waals surface area (Å²) in [6.07, 6.45) is 0. The zero-order chi connectivity index (χ0) is 13.3. The van der Waals surface area contributed by atoms with Crippen LogP contribution in [0.25, 0.3) is 0 Å². The van der Waals surface area contributed by atoms with Crippen LogP contribution in [0.15, 0.2) is 28.7 Å². The van der Waals surface area contributed by atoms with Gasteiger partial charge in [0, 0.05) is 14.2 Å². The highest BCUT2D eigenvalue weighted by Gasteiger charge is 2.19. The van der Waals surface area contributed by atoms with Gasteiger partial charge in [-0.2, -0.15) is 0 Å². The summed E-state index contributed by atoms with van der Waals surface area (Å²) in [5.74, 6) is 0. The van der Waals surface area contributed by atoms with Crippen LogP contribution in [0.2, 0.25) is 0 Å². The quantitative estimate of drug-likeness (QED) is 0.859. The van der Waals surface area contributed by atoms with Crippen LogP contribution in [0.3, 0.4) is 0 Å². The summed E-state index contributed by atoms with van der Waals surface area (Å²) in [6.45, 7) is 6.49. The Hall–Kier alpha value is -0.640. The highest BCUT2D eigenvalue weighted by Crippen LogP contribution is 2.34. The van der Waals surface area contributed by atoms with Gasteiger partial charge >= 0.3 is 0 Å². The molecule has 96 valence electrons. The first kappa shape index (κ1) is 13.8. The van der Waals surface area contributed by atoms with Crippen LogP contribution in [0, 0.1) is 20.8 Å². The molecule has 1 aromatic heterocycles. The van der Waals surface area contributed by atoms with E-state index in [-0.39, 0.29) is 6.04 Å². The summed E-state index contributed by atoms with van der Waals surface area (Å²) in [4.78, 5) is 2.76. The fraction of sp³-hybridized carbons (Fsp3) is 0.333. The average Bonchev–Trinajstić information content (AvgIpc) is 2.65. The lowest BCUT2D eigenvalue weighted by Crippen LogP contribution is -2.18. The highest BCUT2D eigenvalue weighted by molar-refractivity contribution is 9.10. The molecule has 0 aliphatic rings. The summed E-state index contributed by atoms with van der Waals surface area (Å²) in [5.41, 5.74) is 3.96. The topological polar surface area (TPSA) is 12.0 Å². The molecule has 0 amide bonds. The Morgan fingerprint density at radius 2 is 1.89 bits per heavy atom. The van der Waals surface area contributed by atoms with Crippen molar-refractivity contribution in [3.8, 4) is 0 Å². The molecule has 0 bridgehead atoms. The van der Waals surface area contributed by atoms with Crippen molar-refractivity contribution in [1.82, 2.24) is 5.32 Å². The van der Waals surface area contributed by atoms with E-state index < -0.39 is 0 Å². The molecule has 0 aliphatic heterocycles. The van der Waals surface area contributed by atoms with Gasteiger partial charge in [0.15, 0.2) is 0 Å². The van der Waals surface area contributed by atoms with E-state index in [2.05, 4.69) is 66.3 Å². The Balaban J connectivity index is 2.52. The summed E-state index contributed by atoms with van der Waals surface area (Å²) in [5, 5.41) is 3.43. The monoisotopic (exact) mass is 323 g/mol. The van der Waals surface area contributed by atoms with E-state index in [4.69, 9.17) is 0 Å². The van der Waals surface area contributed by atoms with Crippen molar-refractivity contribution in [3.63, 3.8) is 0 Å². The molecule has 1 heterocycles. The van der Waals surface area contributed by atoms with Gasteiger partial charge in [0.25, 0.3) is 0 Å². The first-order valence-corrected chi connectivity index (χ1v) is 7.64. The van der Waals surface area contributed by atoms with Crippen LogP contribution in [0.4, 0.5) is 0 Å². The molecule has 2 aromatic rings. The van der Waals surface area contributed by atoms with Crippen molar-refractivity contribution in [2.75, 3.05) is 7.05 Å². The summed E-state index contributed by atoms with van der Waals surface area (Å²) < 4.78 is 1.20. The van der Waals surface area contributed by atoms with Gasteiger partial charge in [-0.25, -0.2) is 0 Å². The summed E-state index contributed by atoms with van der Waals surface area (Å²) >= 11 is 5.58. The van der Waals surface area contributed by atoms with E-state index in [0.29, 0.717) is 0 Å². The number of aryl methyl sites for hydroxylation is 3. The van der Waals surface area contributed by atoms with Crippen molar-refractivity contribution in [2.45, 2.75) is 26.8 Å². The van der Waals surface area contributed by atoms with Crippen LogP contribution >= 0.6 is 27.3 Å². The predicted octanol–water partition coefficient (Wildman–Crippen LogP) is 4.74. The maximum Gasteiger partial charge on any atom is 0.0596 e. The molecule has 1 nitrogen and oxygen atoms in total. The Morgan fingerprint density at radius 3 is 2.44 bits per heavy atom. The summed E-state index contributed by atoms with van der Waals surface area (Å²) in [6, 6.07) is 8.98. The number of halogens is 1. The molecule has 0 saturated heterocycles. The molecule has 0 spiro atoms. The van der Waals surface area contributed by atoms with Gasteiger partial charge in [-0.1, -0.05) is 34.1 Å². The van der Waals surface area contributed by atoms with E-state index in [9.17, 15) is 0 Å². The molecule has 0 radical (unpaired) electrons. The predicted molar refractivity (Wildman–Crippen MR) is 83.6 cm³/mol. The first-order chi connectivity index (χ1) is 8.54. The van der Waals surface area contributed by atoms with Crippen LogP contribution in [0.5, 0.6) is 0 Å². The second kappa shape index (κ2) is 5.55. The molecule has 0 fully saturated rings. The number of nitrogens with one attached hydrogen (secondary N) is 1. The lowest BCUT2D eigenvalue weighted by molar-refractivity contribution is 0.687. The minimum atomic E-state index is 0.254. The Bertz CT molecular complexity index is 560. The zero-order valence-corrected chi connectivity index (χ0v) is 13.6. The van der Waals surface area contributed by atoms with Gasteiger partial charge in [0.05, 0.1) is 6.04 Å². The Labute approximate surface area is 121 Å². The second-order valence-corrected chi connectivity index (χ2v) is 6.82. The number of hydrogen-bond acceptors (Lipinski definition) is 2. The normalized spacial score (nSPS) is 12.7. The van der Waals surface area contributed by atoms with Gasteiger partial charge in [-0.05, 0) is 50.6 Å². The van der Waals surface area contributed by atoms with Crippen LogP contribution in [0.1, 0.15) is 32.5 Å². The lowest BCUT2D eigenvalue weighted by Gasteiger charge is -2.19. The lowest BCUT2D eigenvalue weighted by atomic mass is 9.98. The molecular weight excluding hydrogens is 306 g/mol. The van der Waals surface area contributed by atoms with Gasteiger partial charge < -0.3 is 5.32 Å². The standard InChI is InChI=1S/C15H18BrNS/c1-9-6-5-7-12(14(9)16)15(17-4)13-8-10(2)18-11(13)3/h5-8,15,17H,1-4H3. The van der Waals surface area contributed by atoms with Crippen molar-refractivity contribution in [1.29, 1.82) is 0 Å². The molecule has 2 rings (SSSR count). The van der Waals surface area contributed by atoms with E-state index in [1.165, 1.54) is 30.9 Å². The first-order valence-electron chi connectivity index (χ1n) is 6.03. The van der Waals surface area contributed by atoms with E-state index >= 15 is 0 Å². The SMILES string of the molecule is CNC(c1cc(C)sc1C)c1cccc(C)c1Br. The number of thiophene rings is 1. The molecule has 1 atom stereocenters. The molecule has 1 aromatic carbocycles. The fourth-order valence-corrected chi connectivity index (χ4v) is 3.77. The fourth-order valence-electron chi connectivity index (χ4n) is 2.31. The smallest absolute Gasteiger partial charge is 0.0596 e. The van der Waals surface area contributed by atoms with Crippen molar-refractivity contribution < 1.29 is 0 Å².